The van der Waals surface area contributed by atoms with Gasteiger partial charge in [0, 0.05) is 0 Å². The molecule has 0 unspecified atom stereocenters. The molecule has 0 bridgehead atoms. The molecule has 0 aliphatic heterocycles. The fourth-order valence-corrected chi connectivity index (χ4v) is 1.33. The van der Waals surface area contributed by atoms with Crippen LogP contribution in [0.4, 0.5) is 0 Å². The molecule has 0 aliphatic carbocycles. The predicted octanol–water partition coefficient (Wildman–Crippen LogP) is 2.62. The normalized spacial score (nSPS) is 12.5. The van der Waals surface area contributed by atoms with Gasteiger partial charge in [-0.1, -0.05) is 31.9 Å². The lowest BCUT2D eigenvalue weighted by atomic mass is 10.2. The summed E-state index contributed by atoms with van der Waals surface area (Å²) in [6.07, 6.45) is 9.11. The molecule has 0 aromatic heterocycles. The lowest BCUT2D eigenvalue weighted by Gasteiger charge is -2.01. The Morgan fingerprint density at radius 3 is 2.43 bits per heavy atom. The Balaban J connectivity index is 3.23. The molecule has 0 aromatic carbocycles. The lowest BCUT2D eigenvalue weighted by Crippen LogP contribution is -1.89. The van der Waals surface area contributed by atoms with Gasteiger partial charge in [0.15, 0.2) is 0 Å². The van der Waals surface area contributed by atoms with Crippen LogP contribution in [0.25, 0.3) is 0 Å². The van der Waals surface area contributed by atoms with Gasteiger partial charge in [0.05, 0.1) is 6.61 Å². The molecule has 0 heterocycles. The summed E-state index contributed by atoms with van der Waals surface area (Å²) in [4.78, 5) is 16.7. The summed E-state index contributed by atoms with van der Waals surface area (Å²) < 4.78 is 14.5. The topological polar surface area (TPSA) is 66.8 Å². The second-order valence-electron chi connectivity index (χ2n) is 3.08. The van der Waals surface area contributed by atoms with E-state index in [-0.39, 0.29) is 6.61 Å². The second kappa shape index (κ2) is 8.18. The van der Waals surface area contributed by atoms with E-state index >= 15 is 0 Å². The van der Waals surface area contributed by atoms with Crippen LogP contribution in [0.15, 0.2) is 12.2 Å². The van der Waals surface area contributed by atoms with Gasteiger partial charge in [-0.3, -0.25) is 4.52 Å². The van der Waals surface area contributed by atoms with Crippen molar-refractivity contribution in [2.75, 3.05) is 6.61 Å². The van der Waals surface area contributed by atoms with Crippen molar-refractivity contribution in [2.45, 2.75) is 39.0 Å². The third-order valence-electron chi connectivity index (χ3n) is 1.68. The zero-order valence-corrected chi connectivity index (χ0v) is 9.45. The van der Waals surface area contributed by atoms with Gasteiger partial charge in [0.1, 0.15) is 0 Å². The third-order valence-corrected chi connectivity index (χ3v) is 2.20. The molecule has 0 saturated heterocycles. The molecule has 5 heteroatoms. The number of allylic oxidation sites excluding steroid dienone is 1. The van der Waals surface area contributed by atoms with Crippen LogP contribution >= 0.6 is 7.82 Å². The molecule has 14 heavy (non-hydrogen) atoms. The van der Waals surface area contributed by atoms with Crippen molar-refractivity contribution in [3.8, 4) is 0 Å². The number of unbranched alkanes of at least 4 members (excludes halogenated alkanes) is 3. The number of hydrogen-bond acceptors (Lipinski definition) is 2. The fourth-order valence-electron chi connectivity index (χ4n) is 0.988. The van der Waals surface area contributed by atoms with Gasteiger partial charge in [-0.15, -0.1) is 0 Å². The van der Waals surface area contributed by atoms with Gasteiger partial charge >= 0.3 is 7.82 Å². The Morgan fingerprint density at radius 1 is 1.21 bits per heavy atom. The van der Waals surface area contributed by atoms with Crippen molar-refractivity contribution in [2.24, 2.45) is 0 Å². The molecule has 0 radical (unpaired) electrons. The molecule has 4 nitrogen and oxygen atoms in total. The minimum atomic E-state index is -4.27. The van der Waals surface area contributed by atoms with E-state index in [1.165, 1.54) is 19.3 Å². The largest absolute Gasteiger partial charge is 0.469 e. The highest BCUT2D eigenvalue weighted by Gasteiger charge is 2.11. The summed E-state index contributed by atoms with van der Waals surface area (Å²) in [5, 5.41) is 0. The molecule has 0 aromatic rings. The molecule has 0 rings (SSSR count). The zero-order chi connectivity index (χ0) is 10.9. The first kappa shape index (κ1) is 13.8. The Kier molecular flexibility index (Phi) is 8.09. The van der Waals surface area contributed by atoms with Crippen LogP contribution in [-0.2, 0) is 9.09 Å². The fraction of sp³-hybridized carbons (Fsp3) is 0.778. The predicted molar refractivity (Wildman–Crippen MR) is 55.9 cm³/mol. The molecule has 84 valence electrons. The zero-order valence-electron chi connectivity index (χ0n) is 8.56. The van der Waals surface area contributed by atoms with Crippen molar-refractivity contribution in [3.63, 3.8) is 0 Å². The van der Waals surface area contributed by atoms with Gasteiger partial charge < -0.3 is 9.79 Å². The Hall–Kier alpha value is -0.150. The molecule has 0 aliphatic rings. The van der Waals surface area contributed by atoms with E-state index in [1.807, 2.05) is 12.2 Å². The van der Waals surface area contributed by atoms with Crippen LogP contribution in [0.3, 0.4) is 0 Å². The monoisotopic (exact) mass is 222 g/mol. The molecule has 0 amide bonds. The summed E-state index contributed by atoms with van der Waals surface area (Å²) in [5.41, 5.74) is 0. The highest BCUT2D eigenvalue weighted by molar-refractivity contribution is 7.46. The van der Waals surface area contributed by atoms with Crippen LogP contribution in [0.5, 0.6) is 0 Å². The number of rotatable bonds is 8. The number of phosphoric acid groups is 1. The molecular formula is C9H19O4P. The van der Waals surface area contributed by atoms with E-state index in [2.05, 4.69) is 11.4 Å². The second-order valence-corrected chi connectivity index (χ2v) is 4.32. The lowest BCUT2D eigenvalue weighted by molar-refractivity contribution is 0.200. The first-order chi connectivity index (χ1) is 6.56. The van der Waals surface area contributed by atoms with Crippen molar-refractivity contribution < 1.29 is 18.9 Å². The smallest absolute Gasteiger partial charge is 0.303 e. The summed E-state index contributed by atoms with van der Waals surface area (Å²) in [6, 6.07) is 0. The van der Waals surface area contributed by atoms with Crippen LogP contribution in [-0.4, -0.2) is 16.4 Å². The Bertz CT molecular complexity index is 197. The Morgan fingerprint density at radius 2 is 1.86 bits per heavy atom. The van der Waals surface area contributed by atoms with E-state index in [1.54, 1.807) is 0 Å². The van der Waals surface area contributed by atoms with E-state index in [9.17, 15) is 4.57 Å². The minimum absolute atomic E-state index is 0.0779. The molecular weight excluding hydrogens is 203 g/mol. The van der Waals surface area contributed by atoms with Gasteiger partial charge in [-0.05, 0) is 19.3 Å². The molecule has 0 atom stereocenters. The van der Waals surface area contributed by atoms with Crippen LogP contribution < -0.4 is 0 Å². The minimum Gasteiger partial charge on any atom is -0.303 e. The molecule has 0 fully saturated rings. The quantitative estimate of drug-likeness (QED) is 0.376. The maximum absolute atomic E-state index is 10.3. The van der Waals surface area contributed by atoms with Crippen molar-refractivity contribution >= 4 is 7.82 Å². The first-order valence-corrected chi connectivity index (χ1v) is 6.44. The summed E-state index contributed by atoms with van der Waals surface area (Å²) in [5.74, 6) is 0. The molecule has 0 saturated carbocycles. The summed E-state index contributed by atoms with van der Waals surface area (Å²) >= 11 is 0. The summed E-state index contributed by atoms with van der Waals surface area (Å²) in [7, 11) is -4.27. The van der Waals surface area contributed by atoms with Crippen LogP contribution in [0.1, 0.15) is 39.0 Å². The van der Waals surface area contributed by atoms with Crippen LogP contribution in [0, 0.1) is 0 Å². The van der Waals surface area contributed by atoms with Crippen molar-refractivity contribution in [3.05, 3.63) is 12.2 Å². The van der Waals surface area contributed by atoms with E-state index in [0.717, 1.165) is 6.42 Å². The third kappa shape index (κ3) is 11.8. The maximum Gasteiger partial charge on any atom is 0.469 e. The van der Waals surface area contributed by atoms with Gasteiger partial charge in [0.25, 0.3) is 0 Å². The summed E-state index contributed by atoms with van der Waals surface area (Å²) in [6.45, 7) is 2.23. The SMILES string of the molecule is CCCCC/C=C/CCOP(=O)(O)O. The highest BCUT2D eigenvalue weighted by atomic mass is 31.2. The van der Waals surface area contributed by atoms with E-state index in [4.69, 9.17) is 9.79 Å². The maximum atomic E-state index is 10.3. The number of phosphoric ester groups is 1. The molecule has 0 spiro atoms. The van der Waals surface area contributed by atoms with Gasteiger partial charge in [-0.25, -0.2) is 4.57 Å². The standard InChI is InChI=1S/C9H19O4P/c1-2-3-4-5-6-7-8-9-13-14(10,11)12/h6-7H,2-5,8-9H2,1H3,(H2,10,11,12)/b7-6+. The van der Waals surface area contributed by atoms with Gasteiger partial charge in [-0.2, -0.15) is 0 Å². The Labute approximate surface area is 85.2 Å². The molecule has 2 N–H and O–H groups in total. The van der Waals surface area contributed by atoms with E-state index < -0.39 is 7.82 Å². The first-order valence-electron chi connectivity index (χ1n) is 4.91. The average molecular weight is 222 g/mol. The highest BCUT2D eigenvalue weighted by Crippen LogP contribution is 2.35. The average Bonchev–Trinajstić information content (AvgIpc) is 2.08. The number of hydrogen-bond donors (Lipinski definition) is 2. The van der Waals surface area contributed by atoms with E-state index in [0.29, 0.717) is 6.42 Å². The van der Waals surface area contributed by atoms with Crippen LogP contribution in [0.2, 0.25) is 0 Å². The van der Waals surface area contributed by atoms with Gasteiger partial charge in [0.2, 0.25) is 0 Å². The van der Waals surface area contributed by atoms with Crippen molar-refractivity contribution in [1.29, 1.82) is 0 Å². The van der Waals surface area contributed by atoms with Crippen molar-refractivity contribution in [1.82, 2.24) is 0 Å².